The Balaban J connectivity index is 1.75. The van der Waals surface area contributed by atoms with Gasteiger partial charge in [-0.1, -0.05) is 0 Å². The summed E-state index contributed by atoms with van der Waals surface area (Å²) in [5, 5.41) is 10.0. The molecule has 2 aliphatic rings. The summed E-state index contributed by atoms with van der Waals surface area (Å²) in [6, 6.07) is 0. The van der Waals surface area contributed by atoms with E-state index in [1.54, 1.807) is 6.92 Å². The van der Waals surface area contributed by atoms with Crippen LogP contribution in [0.3, 0.4) is 0 Å². The SMILES string of the molecule is CNCN1CCCNCCN(CNC(=O)C2CCC(C(C)=O)CC2)CCCN(C)CC1. The quantitative estimate of drug-likeness (QED) is 0.559. The number of likely N-dealkylation sites (N-methyl/N-ethyl adjacent to an activating group) is 1. The summed E-state index contributed by atoms with van der Waals surface area (Å²) in [5.74, 6) is 0.675. The van der Waals surface area contributed by atoms with Crippen molar-refractivity contribution in [1.29, 1.82) is 0 Å². The van der Waals surface area contributed by atoms with E-state index in [1.165, 1.54) is 0 Å². The maximum absolute atomic E-state index is 12.7. The number of amides is 1. The van der Waals surface area contributed by atoms with E-state index in [4.69, 9.17) is 0 Å². The zero-order chi connectivity index (χ0) is 22.5. The summed E-state index contributed by atoms with van der Waals surface area (Å²) in [5.41, 5.74) is 0. The van der Waals surface area contributed by atoms with Gasteiger partial charge in [-0.15, -0.1) is 0 Å². The number of carbonyl (C=O) groups excluding carboxylic acids is 2. The standard InChI is InChI=1S/C23H46N6O2/c1-20(30)21-6-8-22(9-7-21)23(31)26-19-28-14-5-12-27(3)16-17-29(18-24-2)13-4-10-25-11-15-28/h21-22,24-25H,4-19H2,1-3H3,(H,26,31). The van der Waals surface area contributed by atoms with Gasteiger partial charge in [0.05, 0.1) is 6.67 Å². The fraction of sp³-hybridized carbons (Fsp3) is 0.913. The van der Waals surface area contributed by atoms with Crippen LogP contribution in [0.25, 0.3) is 0 Å². The molecule has 180 valence electrons. The van der Waals surface area contributed by atoms with E-state index in [-0.39, 0.29) is 23.5 Å². The molecule has 8 heteroatoms. The summed E-state index contributed by atoms with van der Waals surface area (Å²) in [7, 11) is 4.21. The smallest absolute Gasteiger partial charge is 0.224 e. The molecule has 0 atom stereocenters. The van der Waals surface area contributed by atoms with Crippen LogP contribution in [0, 0.1) is 11.8 Å². The van der Waals surface area contributed by atoms with Crippen LogP contribution in [0.5, 0.6) is 0 Å². The number of rotatable bonds is 6. The maximum atomic E-state index is 12.7. The van der Waals surface area contributed by atoms with E-state index in [0.717, 1.165) is 97.6 Å². The molecule has 1 aliphatic heterocycles. The van der Waals surface area contributed by atoms with E-state index in [9.17, 15) is 9.59 Å². The van der Waals surface area contributed by atoms with Gasteiger partial charge < -0.3 is 20.9 Å². The number of ketones is 1. The highest BCUT2D eigenvalue weighted by Gasteiger charge is 2.28. The first kappa shape index (κ1) is 26.2. The fourth-order valence-electron chi connectivity index (χ4n) is 4.64. The molecular formula is C23H46N6O2. The number of carbonyl (C=O) groups is 2. The average Bonchev–Trinajstić information content (AvgIpc) is 2.76. The van der Waals surface area contributed by atoms with Gasteiger partial charge >= 0.3 is 0 Å². The molecule has 0 bridgehead atoms. The lowest BCUT2D eigenvalue weighted by Gasteiger charge is -2.29. The van der Waals surface area contributed by atoms with Gasteiger partial charge in [0.1, 0.15) is 5.78 Å². The topological polar surface area (TPSA) is 80.0 Å². The molecule has 0 aromatic carbocycles. The minimum Gasteiger partial charge on any atom is -0.343 e. The van der Waals surface area contributed by atoms with Crippen molar-refractivity contribution in [3.63, 3.8) is 0 Å². The highest BCUT2D eigenvalue weighted by molar-refractivity contribution is 5.80. The third-order valence-corrected chi connectivity index (χ3v) is 6.78. The van der Waals surface area contributed by atoms with Crippen molar-refractivity contribution in [3.8, 4) is 0 Å². The molecule has 0 unspecified atom stereocenters. The monoisotopic (exact) mass is 438 g/mol. The van der Waals surface area contributed by atoms with E-state index in [2.05, 4.69) is 37.7 Å². The van der Waals surface area contributed by atoms with Gasteiger partial charge in [-0.3, -0.25) is 19.4 Å². The maximum Gasteiger partial charge on any atom is 0.224 e. The molecule has 3 N–H and O–H groups in total. The molecule has 1 heterocycles. The summed E-state index contributed by atoms with van der Waals surface area (Å²) in [4.78, 5) is 31.5. The Hall–Kier alpha value is -1.06. The second-order valence-electron chi connectivity index (χ2n) is 9.37. The average molecular weight is 439 g/mol. The third-order valence-electron chi connectivity index (χ3n) is 6.78. The zero-order valence-corrected chi connectivity index (χ0v) is 20.1. The first-order valence-electron chi connectivity index (χ1n) is 12.3. The Morgan fingerprint density at radius 3 is 2.23 bits per heavy atom. The van der Waals surface area contributed by atoms with Crippen molar-refractivity contribution in [1.82, 2.24) is 30.7 Å². The second-order valence-corrected chi connectivity index (χ2v) is 9.37. The van der Waals surface area contributed by atoms with E-state index in [1.807, 2.05) is 7.05 Å². The van der Waals surface area contributed by atoms with Crippen LogP contribution in [0.2, 0.25) is 0 Å². The van der Waals surface area contributed by atoms with E-state index < -0.39 is 0 Å². The molecule has 1 saturated heterocycles. The highest BCUT2D eigenvalue weighted by atomic mass is 16.2. The molecule has 0 radical (unpaired) electrons. The van der Waals surface area contributed by atoms with Crippen LogP contribution < -0.4 is 16.0 Å². The summed E-state index contributed by atoms with van der Waals surface area (Å²) in [6.07, 6.45) is 5.64. The Bertz CT molecular complexity index is 524. The van der Waals surface area contributed by atoms with Crippen molar-refractivity contribution in [2.24, 2.45) is 11.8 Å². The van der Waals surface area contributed by atoms with Crippen molar-refractivity contribution in [3.05, 3.63) is 0 Å². The van der Waals surface area contributed by atoms with Crippen molar-refractivity contribution in [2.45, 2.75) is 45.4 Å². The Labute approximate surface area is 189 Å². The van der Waals surface area contributed by atoms with Crippen LogP contribution in [0.15, 0.2) is 0 Å². The van der Waals surface area contributed by atoms with Crippen molar-refractivity contribution >= 4 is 11.7 Å². The van der Waals surface area contributed by atoms with Gasteiger partial charge in [-0.2, -0.15) is 0 Å². The normalized spacial score (nSPS) is 26.8. The largest absolute Gasteiger partial charge is 0.343 e. The molecule has 1 saturated carbocycles. The van der Waals surface area contributed by atoms with E-state index >= 15 is 0 Å². The Kier molecular flexibility index (Phi) is 12.6. The first-order valence-corrected chi connectivity index (χ1v) is 12.3. The van der Waals surface area contributed by atoms with Gasteiger partial charge in [-0.05, 0) is 72.6 Å². The predicted octanol–water partition coefficient (Wildman–Crippen LogP) is 0.552. The van der Waals surface area contributed by atoms with Crippen LogP contribution >= 0.6 is 0 Å². The molecule has 2 rings (SSSR count). The fourth-order valence-corrected chi connectivity index (χ4v) is 4.64. The molecule has 1 amide bonds. The number of nitrogens with zero attached hydrogens (tertiary/aromatic N) is 3. The number of hydrogen-bond donors (Lipinski definition) is 3. The number of nitrogens with one attached hydrogen (secondary N) is 3. The molecular weight excluding hydrogens is 392 g/mol. The van der Waals surface area contributed by atoms with Gasteiger partial charge in [0.2, 0.25) is 5.91 Å². The van der Waals surface area contributed by atoms with Crippen LogP contribution in [-0.2, 0) is 9.59 Å². The predicted molar refractivity (Wildman–Crippen MR) is 126 cm³/mol. The summed E-state index contributed by atoms with van der Waals surface area (Å²) < 4.78 is 0. The Morgan fingerprint density at radius 2 is 1.52 bits per heavy atom. The van der Waals surface area contributed by atoms with Crippen molar-refractivity contribution < 1.29 is 9.59 Å². The number of hydrogen-bond acceptors (Lipinski definition) is 7. The molecule has 0 aromatic rings. The molecule has 1 aliphatic carbocycles. The highest BCUT2D eigenvalue weighted by Crippen LogP contribution is 2.29. The number of Topliss-reactive ketones (excluding diaryl/α,β-unsaturated/α-hetero) is 1. The molecule has 31 heavy (non-hydrogen) atoms. The minimum absolute atomic E-state index is 0.0696. The lowest BCUT2D eigenvalue weighted by atomic mass is 9.80. The molecule has 2 fully saturated rings. The summed E-state index contributed by atoms with van der Waals surface area (Å²) >= 11 is 0. The lowest BCUT2D eigenvalue weighted by Crippen LogP contribution is -2.45. The van der Waals surface area contributed by atoms with Gasteiger partial charge in [0, 0.05) is 57.8 Å². The molecule has 0 aromatic heterocycles. The van der Waals surface area contributed by atoms with Crippen LogP contribution in [0.1, 0.15) is 45.4 Å². The molecule has 8 nitrogen and oxygen atoms in total. The van der Waals surface area contributed by atoms with Gasteiger partial charge in [0.15, 0.2) is 0 Å². The van der Waals surface area contributed by atoms with Crippen LogP contribution in [0.4, 0.5) is 0 Å². The first-order chi connectivity index (χ1) is 15.0. The minimum atomic E-state index is 0.0696. The van der Waals surface area contributed by atoms with Crippen LogP contribution in [-0.4, -0.2) is 106 Å². The lowest BCUT2D eigenvalue weighted by molar-refractivity contribution is -0.129. The second kappa shape index (κ2) is 14.9. The van der Waals surface area contributed by atoms with E-state index in [0.29, 0.717) is 6.67 Å². The van der Waals surface area contributed by atoms with Crippen molar-refractivity contribution in [2.75, 3.05) is 79.8 Å². The van der Waals surface area contributed by atoms with Gasteiger partial charge in [-0.25, -0.2) is 0 Å². The van der Waals surface area contributed by atoms with Gasteiger partial charge in [0.25, 0.3) is 0 Å². The molecule has 0 spiro atoms. The zero-order valence-electron chi connectivity index (χ0n) is 20.1. The third kappa shape index (κ3) is 10.4. The summed E-state index contributed by atoms with van der Waals surface area (Å²) in [6.45, 7) is 11.5. The Morgan fingerprint density at radius 1 is 0.839 bits per heavy atom.